The van der Waals surface area contributed by atoms with Crippen LogP contribution in [0.2, 0.25) is 0 Å². The largest absolute Gasteiger partial charge is 0.490 e. The standard InChI is InChI=1S/C14H21NO/c1-10-7-12-8-11(5-6-13(12)16-10)9-15-14(2,3)4/h5-6,8,10,15H,7,9H2,1-4H3. The third-order valence-electron chi connectivity index (χ3n) is 2.78. The second kappa shape index (κ2) is 4.10. The summed E-state index contributed by atoms with van der Waals surface area (Å²) >= 11 is 0. The van der Waals surface area contributed by atoms with Crippen LogP contribution in [0.25, 0.3) is 0 Å². The number of benzene rings is 1. The van der Waals surface area contributed by atoms with Gasteiger partial charge in [0.2, 0.25) is 0 Å². The fourth-order valence-corrected chi connectivity index (χ4v) is 1.95. The molecular formula is C14H21NO. The summed E-state index contributed by atoms with van der Waals surface area (Å²) in [5, 5.41) is 3.50. The van der Waals surface area contributed by atoms with E-state index >= 15 is 0 Å². The Morgan fingerprint density at radius 3 is 2.81 bits per heavy atom. The summed E-state index contributed by atoms with van der Waals surface area (Å²) in [6.45, 7) is 9.60. The van der Waals surface area contributed by atoms with Crippen LogP contribution in [0.1, 0.15) is 38.8 Å². The van der Waals surface area contributed by atoms with E-state index in [1.165, 1.54) is 11.1 Å². The minimum Gasteiger partial charge on any atom is -0.490 e. The van der Waals surface area contributed by atoms with Crippen molar-refractivity contribution >= 4 is 0 Å². The van der Waals surface area contributed by atoms with Crippen LogP contribution in [0.15, 0.2) is 18.2 Å². The molecule has 1 aliphatic rings. The molecule has 2 heteroatoms. The molecule has 0 bridgehead atoms. The molecule has 1 heterocycles. The molecule has 0 radical (unpaired) electrons. The Balaban J connectivity index is 2.05. The van der Waals surface area contributed by atoms with Gasteiger partial charge in [-0.25, -0.2) is 0 Å². The highest BCUT2D eigenvalue weighted by molar-refractivity contribution is 5.40. The first-order valence-corrected chi connectivity index (χ1v) is 5.97. The van der Waals surface area contributed by atoms with Crippen molar-refractivity contribution in [3.05, 3.63) is 29.3 Å². The number of fused-ring (bicyclic) bond motifs is 1. The first kappa shape index (κ1) is 11.5. The molecule has 1 aromatic rings. The molecule has 2 rings (SSSR count). The lowest BCUT2D eigenvalue weighted by molar-refractivity contribution is 0.254. The van der Waals surface area contributed by atoms with E-state index in [1.807, 2.05) is 0 Å². The lowest BCUT2D eigenvalue weighted by Gasteiger charge is -2.20. The van der Waals surface area contributed by atoms with E-state index < -0.39 is 0 Å². The second-order valence-electron chi connectivity index (χ2n) is 5.68. The Bertz CT molecular complexity index is 379. The summed E-state index contributed by atoms with van der Waals surface area (Å²) in [6.07, 6.45) is 1.37. The van der Waals surface area contributed by atoms with Crippen molar-refractivity contribution in [2.75, 3.05) is 0 Å². The molecule has 16 heavy (non-hydrogen) atoms. The van der Waals surface area contributed by atoms with Crippen molar-refractivity contribution in [2.45, 2.75) is 52.3 Å². The van der Waals surface area contributed by atoms with Crippen LogP contribution in [0.3, 0.4) is 0 Å². The van der Waals surface area contributed by atoms with Crippen LogP contribution < -0.4 is 10.1 Å². The van der Waals surface area contributed by atoms with Crippen molar-refractivity contribution in [1.29, 1.82) is 0 Å². The SMILES string of the molecule is CC1Cc2cc(CNC(C)(C)C)ccc2O1. The van der Waals surface area contributed by atoms with Crippen LogP contribution in [-0.4, -0.2) is 11.6 Å². The summed E-state index contributed by atoms with van der Waals surface area (Å²) in [7, 11) is 0. The number of nitrogens with one attached hydrogen (secondary N) is 1. The van der Waals surface area contributed by atoms with Gasteiger partial charge in [0.15, 0.2) is 0 Å². The first-order chi connectivity index (χ1) is 7.44. The van der Waals surface area contributed by atoms with Gasteiger partial charge in [-0.3, -0.25) is 0 Å². The molecule has 88 valence electrons. The van der Waals surface area contributed by atoms with E-state index in [1.54, 1.807) is 0 Å². The van der Waals surface area contributed by atoms with E-state index in [-0.39, 0.29) is 5.54 Å². The third-order valence-corrected chi connectivity index (χ3v) is 2.78. The lowest BCUT2D eigenvalue weighted by atomic mass is 10.1. The average Bonchev–Trinajstić information content (AvgIpc) is 2.52. The van der Waals surface area contributed by atoms with Gasteiger partial charge in [0.25, 0.3) is 0 Å². The lowest BCUT2D eigenvalue weighted by Crippen LogP contribution is -2.35. The van der Waals surface area contributed by atoms with Gasteiger partial charge < -0.3 is 10.1 Å². The summed E-state index contributed by atoms with van der Waals surface area (Å²) in [6, 6.07) is 6.51. The molecule has 0 aliphatic carbocycles. The fourth-order valence-electron chi connectivity index (χ4n) is 1.95. The molecule has 1 aromatic carbocycles. The maximum atomic E-state index is 5.69. The predicted molar refractivity (Wildman–Crippen MR) is 66.8 cm³/mol. The Kier molecular flexibility index (Phi) is 2.94. The van der Waals surface area contributed by atoms with Crippen molar-refractivity contribution in [3.63, 3.8) is 0 Å². The number of hydrogen-bond donors (Lipinski definition) is 1. The Morgan fingerprint density at radius 2 is 2.12 bits per heavy atom. The van der Waals surface area contributed by atoms with Gasteiger partial charge in [-0.2, -0.15) is 0 Å². The zero-order valence-corrected chi connectivity index (χ0v) is 10.6. The summed E-state index contributed by atoms with van der Waals surface area (Å²) < 4.78 is 5.69. The van der Waals surface area contributed by atoms with Crippen molar-refractivity contribution in [2.24, 2.45) is 0 Å². The molecular weight excluding hydrogens is 198 g/mol. The van der Waals surface area contributed by atoms with Crippen LogP contribution in [0.4, 0.5) is 0 Å². The monoisotopic (exact) mass is 219 g/mol. The van der Waals surface area contributed by atoms with E-state index in [0.29, 0.717) is 6.10 Å². The highest BCUT2D eigenvalue weighted by atomic mass is 16.5. The van der Waals surface area contributed by atoms with E-state index in [9.17, 15) is 0 Å². The number of rotatable bonds is 2. The third kappa shape index (κ3) is 2.76. The van der Waals surface area contributed by atoms with E-state index in [4.69, 9.17) is 4.74 Å². The summed E-state index contributed by atoms with van der Waals surface area (Å²) in [5.41, 5.74) is 2.86. The predicted octanol–water partition coefficient (Wildman–Crippen LogP) is 2.90. The average molecular weight is 219 g/mol. The smallest absolute Gasteiger partial charge is 0.123 e. The summed E-state index contributed by atoms with van der Waals surface area (Å²) in [5.74, 6) is 1.06. The van der Waals surface area contributed by atoms with Gasteiger partial charge in [0.05, 0.1) is 0 Å². The quantitative estimate of drug-likeness (QED) is 0.825. The van der Waals surface area contributed by atoms with Crippen molar-refractivity contribution in [3.8, 4) is 5.75 Å². The molecule has 0 aromatic heterocycles. The van der Waals surface area contributed by atoms with Gasteiger partial charge in [-0.05, 0) is 44.9 Å². The second-order valence-corrected chi connectivity index (χ2v) is 5.68. The molecule has 2 nitrogen and oxygen atoms in total. The van der Waals surface area contributed by atoms with Gasteiger partial charge in [-0.15, -0.1) is 0 Å². The fraction of sp³-hybridized carbons (Fsp3) is 0.571. The van der Waals surface area contributed by atoms with Crippen LogP contribution in [0.5, 0.6) is 5.75 Å². The van der Waals surface area contributed by atoms with Crippen molar-refractivity contribution in [1.82, 2.24) is 5.32 Å². The van der Waals surface area contributed by atoms with E-state index in [2.05, 4.69) is 51.2 Å². The van der Waals surface area contributed by atoms with Gasteiger partial charge in [-0.1, -0.05) is 12.1 Å². The Morgan fingerprint density at radius 1 is 1.38 bits per heavy atom. The topological polar surface area (TPSA) is 21.3 Å². The first-order valence-electron chi connectivity index (χ1n) is 5.97. The minimum absolute atomic E-state index is 0.169. The zero-order chi connectivity index (χ0) is 11.8. The Labute approximate surface area is 98.0 Å². The van der Waals surface area contributed by atoms with E-state index in [0.717, 1.165) is 18.7 Å². The van der Waals surface area contributed by atoms with Crippen molar-refractivity contribution < 1.29 is 4.74 Å². The maximum Gasteiger partial charge on any atom is 0.123 e. The Hall–Kier alpha value is -1.02. The van der Waals surface area contributed by atoms with Gasteiger partial charge >= 0.3 is 0 Å². The molecule has 1 atom stereocenters. The molecule has 0 amide bonds. The molecule has 0 saturated heterocycles. The van der Waals surface area contributed by atoms with Gasteiger partial charge in [0, 0.05) is 18.5 Å². The number of ether oxygens (including phenoxy) is 1. The molecule has 1 unspecified atom stereocenters. The van der Waals surface area contributed by atoms with Gasteiger partial charge in [0.1, 0.15) is 11.9 Å². The normalized spacial score (nSPS) is 19.4. The highest BCUT2D eigenvalue weighted by Gasteiger charge is 2.19. The molecule has 1 N–H and O–H groups in total. The maximum absolute atomic E-state index is 5.69. The van der Waals surface area contributed by atoms with Crippen LogP contribution in [-0.2, 0) is 13.0 Å². The molecule has 0 fully saturated rings. The minimum atomic E-state index is 0.169. The molecule has 1 aliphatic heterocycles. The number of hydrogen-bond acceptors (Lipinski definition) is 2. The van der Waals surface area contributed by atoms with Crippen LogP contribution in [0, 0.1) is 0 Å². The highest BCUT2D eigenvalue weighted by Crippen LogP contribution is 2.29. The summed E-state index contributed by atoms with van der Waals surface area (Å²) in [4.78, 5) is 0. The zero-order valence-electron chi connectivity index (χ0n) is 10.6. The molecule has 0 spiro atoms. The van der Waals surface area contributed by atoms with Crippen LogP contribution >= 0.6 is 0 Å². The molecule has 0 saturated carbocycles.